The number of carbonyl (C=O) groups is 1. The predicted molar refractivity (Wildman–Crippen MR) is 102 cm³/mol. The highest BCUT2D eigenvalue weighted by molar-refractivity contribution is 6.38. The monoisotopic (exact) mass is 405 g/mol. The van der Waals surface area contributed by atoms with Crippen molar-refractivity contribution in [2.24, 2.45) is 0 Å². The first-order valence-electron chi connectivity index (χ1n) is 8.05. The number of benzene rings is 2. The summed E-state index contributed by atoms with van der Waals surface area (Å²) in [5, 5.41) is 3.73. The number of nitrogens with one attached hydrogen (secondary N) is 1. The molecular weight excluding hydrogens is 393 g/mol. The Hall–Kier alpha value is -2.77. The van der Waals surface area contributed by atoms with Crippen LogP contribution < -0.4 is 20.3 Å². The number of aromatic nitrogens is 2. The van der Waals surface area contributed by atoms with Crippen molar-refractivity contribution >= 4 is 45.7 Å². The molecule has 0 saturated heterocycles. The molecule has 0 fully saturated rings. The van der Waals surface area contributed by atoms with Crippen molar-refractivity contribution < 1.29 is 14.3 Å². The number of fused-ring (bicyclic) bond motifs is 2. The molecule has 7 nitrogen and oxygen atoms in total. The van der Waals surface area contributed by atoms with E-state index in [1.54, 1.807) is 18.2 Å². The minimum absolute atomic E-state index is 0.0931. The van der Waals surface area contributed by atoms with Crippen molar-refractivity contribution in [1.82, 2.24) is 9.55 Å². The van der Waals surface area contributed by atoms with Crippen molar-refractivity contribution in [3.05, 3.63) is 57.1 Å². The van der Waals surface area contributed by atoms with Gasteiger partial charge in [-0.2, -0.15) is 0 Å². The zero-order chi connectivity index (χ0) is 19.0. The van der Waals surface area contributed by atoms with E-state index in [2.05, 4.69) is 10.3 Å². The van der Waals surface area contributed by atoms with Crippen molar-refractivity contribution in [3.63, 3.8) is 0 Å². The van der Waals surface area contributed by atoms with Gasteiger partial charge in [-0.15, -0.1) is 0 Å². The summed E-state index contributed by atoms with van der Waals surface area (Å²) >= 11 is 12.0. The maximum atomic E-state index is 12.6. The van der Waals surface area contributed by atoms with Gasteiger partial charge in [0.2, 0.25) is 12.7 Å². The maximum Gasteiger partial charge on any atom is 0.261 e. The van der Waals surface area contributed by atoms with E-state index in [1.165, 1.54) is 23.0 Å². The summed E-state index contributed by atoms with van der Waals surface area (Å²) in [5.74, 6) is 0.973. The van der Waals surface area contributed by atoms with Crippen LogP contribution in [0.1, 0.15) is 6.42 Å². The van der Waals surface area contributed by atoms with Crippen LogP contribution in [-0.2, 0) is 11.3 Å². The van der Waals surface area contributed by atoms with Gasteiger partial charge in [0.15, 0.2) is 11.5 Å². The maximum absolute atomic E-state index is 12.6. The number of hydrogen-bond donors (Lipinski definition) is 1. The van der Waals surface area contributed by atoms with Crippen LogP contribution in [0.25, 0.3) is 10.9 Å². The summed E-state index contributed by atoms with van der Waals surface area (Å²) in [7, 11) is 0. The molecule has 0 bridgehead atoms. The summed E-state index contributed by atoms with van der Waals surface area (Å²) in [4.78, 5) is 29.0. The van der Waals surface area contributed by atoms with Crippen LogP contribution in [0.3, 0.4) is 0 Å². The third-order valence-electron chi connectivity index (χ3n) is 4.08. The van der Waals surface area contributed by atoms with E-state index in [1.807, 2.05) is 0 Å². The molecule has 2 aromatic carbocycles. The van der Waals surface area contributed by atoms with E-state index < -0.39 is 0 Å². The molecule has 27 heavy (non-hydrogen) atoms. The molecule has 0 unspecified atom stereocenters. The van der Waals surface area contributed by atoms with Gasteiger partial charge >= 0.3 is 0 Å². The fourth-order valence-corrected chi connectivity index (χ4v) is 3.32. The average molecular weight is 406 g/mol. The minimum atomic E-state index is -0.305. The molecule has 0 radical (unpaired) electrons. The van der Waals surface area contributed by atoms with Crippen molar-refractivity contribution in [2.75, 3.05) is 12.1 Å². The molecular formula is C18H13Cl2N3O4. The smallest absolute Gasteiger partial charge is 0.261 e. The molecule has 4 rings (SSSR count). The number of amides is 1. The summed E-state index contributed by atoms with van der Waals surface area (Å²) in [6.07, 6.45) is 1.47. The number of halogens is 2. The molecule has 0 spiro atoms. The first-order valence-corrected chi connectivity index (χ1v) is 8.80. The molecule has 9 heteroatoms. The number of rotatable bonds is 4. The van der Waals surface area contributed by atoms with E-state index in [0.717, 1.165) is 0 Å². The molecule has 1 N–H and O–H groups in total. The summed E-state index contributed by atoms with van der Waals surface area (Å²) in [6, 6.07) is 8.18. The number of aryl methyl sites for hydroxylation is 1. The Kier molecular flexibility index (Phi) is 4.63. The topological polar surface area (TPSA) is 82.5 Å². The molecule has 1 aliphatic rings. The minimum Gasteiger partial charge on any atom is -0.454 e. The van der Waals surface area contributed by atoms with Crippen molar-refractivity contribution in [2.45, 2.75) is 13.0 Å². The summed E-state index contributed by atoms with van der Waals surface area (Å²) < 4.78 is 11.9. The second kappa shape index (κ2) is 7.09. The molecule has 1 aromatic heterocycles. The lowest BCUT2D eigenvalue weighted by atomic mass is 10.2. The van der Waals surface area contributed by atoms with Gasteiger partial charge < -0.3 is 14.8 Å². The second-order valence-corrected chi connectivity index (χ2v) is 6.74. The average Bonchev–Trinajstić information content (AvgIpc) is 3.09. The lowest BCUT2D eigenvalue weighted by Gasteiger charge is -2.09. The SMILES string of the molecule is O=C(CCn1cnc2c(Cl)cc(Cl)cc2c1=O)Nc1ccc2c(c1)OCO2. The van der Waals surface area contributed by atoms with E-state index >= 15 is 0 Å². The van der Waals surface area contributed by atoms with Crippen molar-refractivity contribution in [1.29, 1.82) is 0 Å². The van der Waals surface area contributed by atoms with Gasteiger partial charge in [0.05, 0.1) is 22.3 Å². The highest BCUT2D eigenvalue weighted by Gasteiger charge is 2.14. The number of hydrogen-bond acceptors (Lipinski definition) is 5. The van der Waals surface area contributed by atoms with Gasteiger partial charge in [0, 0.05) is 29.7 Å². The van der Waals surface area contributed by atoms with Crippen LogP contribution in [0.2, 0.25) is 10.0 Å². The van der Waals surface area contributed by atoms with Crippen LogP contribution >= 0.6 is 23.2 Å². The van der Waals surface area contributed by atoms with Crippen LogP contribution in [0.5, 0.6) is 11.5 Å². The van der Waals surface area contributed by atoms with E-state index in [4.69, 9.17) is 32.7 Å². The zero-order valence-corrected chi connectivity index (χ0v) is 15.4. The first-order chi connectivity index (χ1) is 13.0. The molecule has 2 heterocycles. The normalized spacial score (nSPS) is 12.4. The molecule has 0 aliphatic carbocycles. The Balaban J connectivity index is 1.47. The fraction of sp³-hybridized carbons (Fsp3) is 0.167. The van der Waals surface area contributed by atoms with Gasteiger partial charge in [0.25, 0.3) is 5.56 Å². The molecule has 138 valence electrons. The molecule has 1 aliphatic heterocycles. The van der Waals surface area contributed by atoms with Gasteiger partial charge in [-0.05, 0) is 24.3 Å². The number of nitrogens with zero attached hydrogens (tertiary/aromatic N) is 2. The Labute approximate surface area is 163 Å². The number of carbonyl (C=O) groups excluding carboxylic acids is 1. The summed E-state index contributed by atoms with van der Waals surface area (Å²) in [5.41, 5.74) is 0.666. The third-order valence-corrected chi connectivity index (χ3v) is 4.59. The lowest BCUT2D eigenvalue weighted by molar-refractivity contribution is -0.116. The number of anilines is 1. The lowest BCUT2D eigenvalue weighted by Crippen LogP contribution is -2.23. The van der Waals surface area contributed by atoms with Gasteiger partial charge in [-0.25, -0.2) is 4.98 Å². The van der Waals surface area contributed by atoms with Gasteiger partial charge in [-0.3, -0.25) is 14.2 Å². The van der Waals surface area contributed by atoms with Gasteiger partial charge in [-0.1, -0.05) is 23.2 Å². The van der Waals surface area contributed by atoms with Crippen LogP contribution in [0.4, 0.5) is 5.69 Å². The van der Waals surface area contributed by atoms with Crippen LogP contribution in [0.15, 0.2) is 41.5 Å². The molecule has 1 amide bonds. The standard InChI is InChI=1S/C18H13Cl2N3O4/c19-10-5-12-17(13(20)6-10)21-8-23(18(12)25)4-3-16(24)22-11-1-2-14-15(7-11)27-9-26-14/h1-2,5-8H,3-4,9H2,(H,22,24). The first kappa shape index (κ1) is 17.6. The Bertz CT molecular complexity index is 1110. The zero-order valence-electron chi connectivity index (χ0n) is 13.9. The summed E-state index contributed by atoms with van der Waals surface area (Å²) in [6.45, 7) is 0.334. The highest BCUT2D eigenvalue weighted by Crippen LogP contribution is 2.34. The van der Waals surface area contributed by atoms with E-state index in [-0.39, 0.29) is 31.2 Å². The van der Waals surface area contributed by atoms with E-state index in [9.17, 15) is 9.59 Å². The molecule has 3 aromatic rings. The van der Waals surface area contributed by atoms with Crippen LogP contribution in [-0.4, -0.2) is 22.3 Å². The van der Waals surface area contributed by atoms with Crippen LogP contribution in [0, 0.1) is 0 Å². The third kappa shape index (κ3) is 3.56. The Morgan fingerprint density at radius 2 is 2.00 bits per heavy atom. The predicted octanol–water partition coefficient (Wildman–Crippen LogP) is 3.46. The quantitative estimate of drug-likeness (QED) is 0.718. The van der Waals surface area contributed by atoms with E-state index in [0.29, 0.717) is 38.1 Å². The molecule has 0 atom stereocenters. The van der Waals surface area contributed by atoms with Gasteiger partial charge in [0.1, 0.15) is 0 Å². The highest BCUT2D eigenvalue weighted by atomic mass is 35.5. The largest absolute Gasteiger partial charge is 0.454 e. The molecule has 0 saturated carbocycles. The second-order valence-electron chi connectivity index (χ2n) is 5.89. The Morgan fingerprint density at radius 3 is 2.85 bits per heavy atom. The number of ether oxygens (including phenoxy) is 2. The fourth-order valence-electron chi connectivity index (χ4n) is 2.77. The van der Waals surface area contributed by atoms with Crippen molar-refractivity contribution in [3.8, 4) is 11.5 Å². The Morgan fingerprint density at radius 1 is 1.19 bits per heavy atom.